The summed E-state index contributed by atoms with van der Waals surface area (Å²) >= 11 is 0. The van der Waals surface area contributed by atoms with Gasteiger partial charge < -0.3 is 19.7 Å². The molecule has 1 aromatic heterocycles. The summed E-state index contributed by atoms with van der Waals surface area (Å²) in [5.41, 5.74) is 1.82. The molecule has 0 radical (unpaired) electrons. The van der Waals surface area contributed by atoms with Gasteiger partial charge in [0.1, 0.15) is 17.7 Å². The molecule has 0 aliphatic carbocycles. The fraction of sp³-hybridized carbons (Fsp3) is 0.258. The summed E-state index contributed by atoms with van der Waals surface area (Å²) in [5, 5.41) is 15.6. The first-order valence-electron chi connectivity index (χ1n) is 13.3. The van der Waals surface area contributed by atoms with E-state index in [1.807, 2.05) is 65.6 Å². The van der Waals surface area contributed by atoms with Crippen molar-refractivity contribution in [2.75, 3.05) is 29.3 Å². The average molecular weight is 571 g/mol. The highest BCUT2D eigenvalue weighted by Gasteiger charge is 2.29. The Kier molecular flexibility index (Phi) is 9.21. The van der Waals surface area contributed by atoms with Crippen LogP contribution < -0.4 is 19.9 Å². The van der Waals surface area contributed by atoms with Crippen LogP contribution >= 0.6 is 0 Å². The molecule has 1 heterocycles. The third-order valence-electron chi connectivity index (χ3n) is 6.21. The SMILES string of the molecule is COc1ccc(N(C)C(=O)OC(C)(C)C)cc1Nc1ncnc(N(Cc2ccccc2)Cc2ccccc2)c1[N+](=O)[O-]. The molecular weight excluding hydrogens is 536 g/mol. The maximum atomic E-state index is 12.7. The van der Waals surface area contributed by atoms with Crippen molar-refractivity contribution in [3.05, 3.63) is 106 Å². The summed E-state index contributed by atoms with van der Waals surface area (Å²) in [6.07, 6.45) is 0.739. The third kappa shape index (κ3) is 7.51. The number of ether oxygens (including phenoxy) is 2. The summed E-state index contributed by atoms with van der Waals surface area (Å²) in [6, 6.07) is 24.3. The van der Waals surface area contributed by atoms with Crippen LogP contribution in [0.15, 0.2) is 85.2 Å². The number of methoxy groups -OCH3 is 1. The molecule has 11 heteroatoms. The molecular formula is C31H34N6O5. The molecule has 218 valence electrons. The first-order chi connectivity index (χ1) is 20.1. The smallest absolute Gasteiger partial charge is 0.414 e. The van der Waals surface area contributed by atoms with Crippen LogP contribution in [0.25, 0.3) is 0 Å². The summed E-state index contributed by atoms with van der Waals surface area (Å²) in [5.74, 6) is 0.536. The second-order valence-electron chi connectivity index (χ2n) is 10.5. The molecule has 0 unspecified atom stereocenters. The van der Waals surface area contributed by atoms with Gasteiger partial charge >= 0.3 is 11.8 Å². The van der Waals surface area contributed by atoms with Crippen LogP contribution in [-0.4, -0.2) is 40.7 Å². The van der Waals surface area contributed by atoms with Crippen molar-refractivity contribution in [3.8, 4) is 5.75 Å². The lowest BCUT2D eigenvalue weighted by Gasteiger charge is -2.25. The second kappa shape index (κ2) is 13.0. The van der Waals surface area contributed by atoms with Crippen molar-refractivity contribution < 1.29 is 19.2 Å². The van der Waals surface area contributed by atoms with Crippen molar-refractivity contribution in [3.63, 3.8) is 0 Å². The van der Waals surface area contributed by atoms with E-state index in [9.17, 15) is 14.9 Å². The van der Waals surface area contributed by atoms with Crippen molar-refractivity contribution in [1.29, 1.82) is 0 Å². The quantitative estimate of drug-likeness (QED) is 0.164. The minimum atomic E-state index is -0.678. The molecule has 11 nitrogen and oxygen atoms in total. The predicted molar refractivity (Wildman–Crippen MR) is 162 cm³/mol. The normalized spacial score (nSPS) is 11.0. The van der Waals surface area contributed by atoms with Gasteiger partial charge in [-0.15, -0.1) is 0 Å². The monoisotopic (exact) mass is 570 g/mol. The standard InChI is InChI=1S/C31H34N6O5/c1-31(2,3)42-30(38)35(4)24-16-17-26(41-5)25(18-24)34-28-27(37(39)40)29(33-21-32-28)36(19-22-12-8-6-9-13-22)20-23-14-10-7-11-15-23/h6-18,21H,19-20H2,1-5H3,(H,32,33,34). The van der Waals surface area contributed by atoms with E-state index in [0.29, 0.717) is 30.2 Å². The van der Waals surface area contributed by atoms with Gasteiger partial charge in [-0.1, -0.05) is 60.7 Å². The molecule has 4 rings (SSSR count). The highest BCUT2D eigenvalue weighted by Crippen LogP contribution is 2.38. The zero-order chi connectivity index (χ0) is 30.3. The number of rotatable bonds is 10. The number of nitrogens with zero attached hydrogens (tertiary/aromatic N) is 5. The number of carbonyl (C=O) groups is 1. The van der Waals surface area contributed by atoms with Gasteiger partial charge in [-0.2, -0.15) is 0 Å². The van der Waals surface area contributed by atoms with Crippen LogP contribution in [0.4, 0.5) is 33.5 Å². The van der Waals surface area contributed by atoms with Crippen molar-refractivity contribution in [2.24, 2.45) is 0 Å². The number of hydrogen-bond acceptors (Lipinski definition) is 9. The summed E-state index contributed by atoms with van der Waals surface area (Å²) in [7, 11) is 3.06. The van der Waals surface area contributed by atoms with E-state index < -0.39 is 16.6 Å². The molecule has 0 bridgehead atoms. The van der Waals surface area contributed by atoms with Crippen LogP contribution in [0.2, 0.25) is 0 Å². The fourth-order valence-corrected chi connectivity index (χ4v) is 4.24. The maximum Gasteiger partial charge on any atom is 0.414 e. The molecule has 1 N–H and O–H groups in total. The van der Waals surface area contributed by atoms with Gasteiger partial charge in [0.25, 0.3) is 0 Å². The highest BCUT2D eigenvalue weighted by atomic mass is 16.6. The summed E-state index contributed by atoms with van der Waals surface area (Å²) in [6.45, 7) is 6.11. The largest absolute Gasteiger partial charge is 0.495 e. The molecule has 4 aromatic rings. The van der Waals surface area contributed by atoms with Gasteiger partial charge in [-0.25, -0.2) is 14.8 Å². The minimum Gasteiger partial charge on any atom is -0.495 e. The molecule has 0 spiro atoms. The first-order valence-corrected chi connectivity index (χ1v) is 13.3. The zero-order valence-corrected chi connectivity index (χ0v) is 24.3. The predicted octanol–water partition coefficient (Wildman–Crippen LogP) is 6.72. The van der Waals surface area contributed by atoms with Crippen LogP contribution in [0.1, 0.15) is 31.9 Å². The molecule has 42 heavy (non-hydrogen) atoms. The minimum absolute atomic E-state index is 0.0218. The van der Waals surface area contributed by atoms with E-state index in [0.717, 1.165) is 11.1 Å². The van der Waals surface area contributed by atoms with Crippen LogP contribution in [-0.2, 0) is 17.8 Å². The van der Waals surface area contributed by atoms with Crippen LogP contribution in [0.3, 0.4) is 0 Å². The van der Waals surface area contributed by atoms with Crippen LogP contribution in [0, 0.1) is 10.1 Å². The Labute approximate surface area is 244 Å². The third-order valence-corrected chi connectivity index (χ3v) is 6.21. The summed E-state index contributed by atoms with van der Waals surface area (Å²) < 4.78 is 11.0. The van der Waals surface area contributed by atoms with E-state index in [1.165, 1.54) is 18.3 Å². The van der Waals surface area contributed by atoms with Crippen molar-refractivity contribution in [1.82, 2.24) is 9.97 Å². The molecule has 0 aliphatic heterocycles. The number of nitrogens with one attached hydrogen (secondary N) is 1. The molecule has 0 fully saturated rings. The lowest BCUT2D eigenvalue weighted by molar-refractivity contribution is -0.383. The number of aromatic nitrogens is 2. The van der Waals surface area contributed by atoms with E-state index in [-0.39, 0.29) is 17.3 Å². The summed E-state index contributed by atoms with van der Waals surface area (Å²) in [4.78, 5) is 36.5. The Balaban J connectivity index is 1.74. The van der Waals surface area contributed by atoms with Crippen molar-refractivity contribution >= 4 is 34.8 Å². The molecule has 0 saturated heterocycles. The molecule has 0 aliphatic rings. The Morgan fingerprint density at radius 1 is 0.952 bits per heavy atom. The average Bonchev–Trinajstić information content (AvgIpc) is 2.96. The zero-order valence-electron chi connectivity index (χ0n) is 24.3. The van der Waals surface area contributed by atoms with Crippen LogP contribution in [0.5, 0.6) is 5.75 Å². The van der Waals surface area contributed by atoms with Gasteiger partial charge in [-0.05, 0) is 50.1 Å². The van der Waals surface area contributed by atoms with Gasteiger partial charge in [-0.3, -0.25) is 15.0 Å². The van der Waals surface area contributed by atoms with E-state index in [4.69, 9.17) is 9.47 Å². The van der Waals surface area contributed by atoms with Gasteiger partial charge in [0.2, 0.25) is 11.6 Å². The Bertz CT molecular complexity index is 1480. The Hall–Kier alpha value is -5.19. The number of nitro groups is 1. The molecule has 0 saturated carbocycles. The first kappa shape index (κ1) is 29.8. The number of anilines is 4. The number of hydrogen-bond donors (Lipinski definition) is 1. The topological polar surface area (TPSA) is 123 Å². The lowest BCUT2D eigenvalue weighted by atomic mass is 10.1. The fourth-order valence-electron chi connectivity index (χ4n) is 4.24. The lowest BCUT2D eigenvalue weighted by Crippen LogP contribution is -2.34. The number of benzene rings is 3. The van der Waals surface area contributed by atoms with Gasteiger partial charge in [0.15, 0.2) is 0 Å². The molecule has 1 amide bonds. The van der Waals surface area contributed by atoms with Crippen molar-refractivity contribution in [2.45, 2.75) is 39.5 Å². The highest BCUT2D eigenvalue weighted by molar-refractivity contribution is 5.89. The molecule has 3 aromatic carbocycles. The second-order valence-corrected chi connectivity index (χ2v) is 10.5. The van der Waals surface area contributed by atoms with Gasteiger partial charge in [0, 0.05) is 25.8 Å². The Morgan fingerprint density at radius 3 is 2.07 bits per heavy atom. The van der Waals surface area contributed by atoms with E-state index in [2.05, 4.69) is 15.3 Å². The van der Waals surface area contributed by atoms with Gasteiger partial charge in [0.05, 0.1) is 17.7 Å². The number of amides is 1. The Morgan fingerprint density at radius 2 is 1.55 bits per heavy atom. The molecule has 0 atom stereocenters. The maximum absolute atomic E-state index is 12.7. The number of carbonyl (C=O) groups excluding carboxylic acids is 1. The van der Waals surface area contributed by atoms with E-state index >= 15 is 0 Å². The van der Waals surface area contributed by atoms with E-state index in [1.54, 1.807) is 46.0 Å².